The predicted molar refractivity (Wildman–Crippen MR) is 88.6 cm³/mol. The number of hydrogen-bond acceptors (Lipinski definition) is 5. The van der Waals surface area contributed by atoms with E-state index in [9.17, 15) is 35.9 Å². The van der Waals surface area contributed by atoms with E-state index in [2.05, 4.69) is 9.47 Å². The molecule has 1 saturated heterocycles. The molecule has 5 nitrogen and oxygen atoms in total. The van der Waals surface area contributed by atoms with Crippen molar-refractivity contribution < 1.29 is 50.1 Å². The summed E-state index contributed by atoms with van der Waals surface area (Å²) in [5, 5.41) is 0. The Morgan fingerprint density at radius 1 is 1.10 bits per heavy atom. The summed E-state index contributed by atoms with van der Waals surface area (Å²) in [6, 6.07) is 0. The number of carbonyl (C=O) groups is 2. The van der Waals surface area contributed by atoms with Crippen LogP contribution < -0.4 is 0 Å². The Hall–Kier alpha value is -1.52. The second-order valence-electron chi connectivity index (χ2n) is 8.67. The molecule has 1 aliphatic rings. The summed E-state index contributed by atoms with van der Waals surface area (Å²) >= 11 is 0. The van der Waals surface area contributed by atoms with E-state index in [1.807, 2.05) is 0 Å². The van der Waals surface area contributed by atoms with E-state index < -0.39 is 59.9 Å². The Balaban J connectivity index is 3.24. The van der Waals surface area contributed by atoms with Gasteiger partial charge in [-0.3, -0.25) is 4.79 Å². The fourth-order valence-electron chi connectivity index (χ4n) is 3.17. The Morgan fingerprint density at radius 2 is 1.62 bits per heavy atom. The second kappa shape index (κ2) is 8.69. The van der Waals surface area contributed by atoms with E-state index in [0.29, 0.717) is 0 Å². The van der Waals surface area contributed by atoms with Gasteiger partial charge in [0.15, 0.2) is 0 Å². The molecule has 0 radical (unpaired) electrons. The minimum atomic E-state index is -5.71. The molecule has 0 saturated carbocycles. The summed E-state index contributed by atoms with van der Waals surface area (Å²) in [6.45, 7) is 6.79. The highest BCUT2D eigenvalue weighted by atomic mass is 19.4. The maximum absolute atomic E-state index is 12.9. The number of halogens is 6. The molecule has 0 spiro atoms. The Kier molecular flexibility index (Phi) is 7.65. The third-order valence-corrected chi connectivity index (χ3v) is 4.60. The molecular formula is C18H26F6O5. The van der Waals surface area contributed by atoms with Crippen LogP contribution in [0.4, 0.5) is 26.3 Å². The molecular weight excluding hydrogens is 410 g/mol. The maximum atomic E-state index is 12.9. The van der Waals surface area contributed by atoms with Gasteiger partial charge in [0.05, 0.1) is 18.6 Å². The standard InChI is InChI=1S/C18H26F6O5/c1-10(2)16(8-15(3,4)5,14(26)29-11-6-7-27-12(11)25)9-28-13(17(19,20)21)18(22,23)24/h10-11,13H,6-9H2,1-5H3. The van der Waals surface area contributed by atoms with Gasteiger partial charge >= 0.3 is 24.3 Å². The molecule has 0 bridgehead atoms. The highest BCUT2D eigenvalue weighted by Crippen LogP contribution is 2.44. The summed E-state index contributed by atoms with van der Waals surface area (Å²) in [4.78, 5) is 24.5. The molecule has 1 aliphatic heterocycles. The molecule has 0 aliphatic carbocycles. The molecule has 170 valence electrons. The van der Waals surface area contributed by atoms with Gasteiger partial charge in [0.25, 0.3) is 0 Å². The highest BCUT2D eigenvalue weighted by molar-refractivity contribution is 5.83. The quantitative estimate of drug-likeness (QED) is 0.436. The van der Waals surface area contributed by atoms with Crippen molar-refractivity contribution in [1.82, 2.24) is 0 Å². The first-order chi connectivity index (χ1) is 12.9. The van der Waals surface area contributed by atoms with Crippen molar-refractivity contribution in [2.75, 3.05) is 13.2 Å². The van der Waals surface area contributed by atoms with Crippen LogP contribution in [0.3, 0.4) is 0 Å². The summed E-state index contributed by atoms with van der Waals surface area (Å²) in [5.74, 6) is -2.64. The Bertz CT molecular complexity index is 579. The lowest BCUT2D eigenvalue weighted by Crippen LogP contribution is -2.51. The molecule has 11 heteroatoms. The molecule has 0 N–H and O–H groups in total. The van der Waals surface area contributed by atoms with E-state index >= 15 is 0 Å². The molecule has 1 rings (SSSR count). The first-order valence-electron chi connectivity index (χ1n) is 9.03. The van der Waals surface area contributed by atoms with Gasteiger partial charge in [-0.2, -0.15) is 26.3 Å². The van der Waals surface area contributed by atoms with E-state index in [0.717, 1.165) is 0 Å². The van der Waals surface area contributed by atoms with Gasteiger partial charge in [-0.15, -0.1) is 0 Å². The summed E-state index contributed by atoms with van der Waals surface area (Å²) in [7, 11) is 0. The van der Waals surface area contributed by atoms with E-state index in [1.54, 1.807) is 20.8 Å². The minimum absolute atomic E-state index is 0.00541. The van der Waals surface area contributed by atoms with Crippen LogP contribution in [0.2, 0.25) is 0 Å². The van der Waals surface area contributed by atoms with Gasteiger partial charge < -0.3 is 14.2 Å². The van der Waals surface area contributed by atoms with Crippen LogP contribution in [0.5, 0.6) is 0 Å². The average molecular weight is 436 g/mol. The predicted octanol–water partition coefficient (Wildman–Crippen LogP) is 4.43. The molecule has 1 heterocycles. The minimum Gasteiger partial charge on any atom is -0.463 e. The van der Waals surface area contributed by atoms with Gasteiger partial charge in [-0.05, 0) is 17.8 Å². The van der Waals surface area contributed by atoms with Crippen molar-refractivity contribution in [3.63, 3.8) is 0 Å². The number of esters is 2. The zero-order valence-electron chi connectivity index (χ0n) is 16.9. The monoisotopic (exact) mass is 436 g/mol. The molecule has 0 amide bonds. The largest absolute Gasteiger partial charge is 0.463 e. The third-order valence-electron chi connectivity index (χ3n) is 4.60. The number of carbonyl (C=O) groups excluding carboxylic acids is 2. The van der Waals surface area contributed by atoms with Crippen LogP contribution in [0.15, 0.2) is 0 Å². The van der Waals surface area contributed by atoms with Crippen LogP contribution in [-0.2, 0) is 23.8 Å². The average Bonchev–Trinajstić information content (AvgIpc) is 2.87. The van der Waals surface area contributed by atoms with E-state index in [-0.39, 0.29) is 19.4 Å². The normalized spacial score (nSPS) is 20.7. The maximum Gasteiger partial charge on any atom is 0.423 e. The first kappa shape index (κ1) is 25.5. The number of cyclic esters (lactones) is 1. The fourth-order valence-corrected chi connectivity index (χ4v) is 3.17. The second-order valence-corrected chi connectivity index (χ2v) is 8.67. The van der Waals surface area contributed by atoms with Crippen molar-refractivity contribution in [3.8, 4) is 0 Å². The topological polar surface area (TPSA) is 61.8 Å². The van der Waals surface area contributed by atoms with Gasteiger partial charge in [-0.1, -0.05) is 34.6 Å². The highest BCUT2D eigenvalue weighted by Gasteiger charge is 2.59. The van der Waals surface area contributed by atoms with Crippen LogP contribution in [0.1, 0.15) is 47.5 Å². The first-order valence-corrected chi connectivity index (χ1v) is 9.03. The van der Waals surface area contributed by atoms with Crippen molar-refractivity contribution in [1.29, 1.82) is 0 Å². The molecule has 2 unspecified atom stereocenters. The third kappa shape index (κ3) is 6.75. The number of rotatable bonds is 7. The van der Waals surface area contributed by atoms with Crippen molar-refractivity contribution in [3.05, 3.63) is 0 Å². The van der Waals surface area contributed by atoms with Crippen LogP contribution >= 0.6 is 0 Å². The molecule has 2 atom stereocenters. The fraction of sp³-hybridized carbons (Fsp3) is 0.889. The summed E-state index contributed by atoms with van der Waals surface area (Å²) < 4.78 is 91.4. The van der Waals surface area contributed by atoms with Gasteiger partial charge in [0, 0.05) is 6.42 Å². The van der Waals surface area contributed by atoms with Crippen LogP contribution in [-0.4, -0.2) is 49.7 Å². The lowest BCUT2D eigenvalue weighted by atomic mass is 9.67. The lowest BCUT2D eigenvalue weighted by molar-refractivity contribution is -0.327. The number of hydrogen-bond donors (Lipinski definition) is 0. The van der Waals surface area contributed by atoms with E-state index in [1.165, 1.54) is 13.8 Å². The van der Waals surface area contributed by atoms with Crippen molar-refractivity contribution in [2.24, 2.45) is 16.7 Å². The molecule has 0 aromatic rings. The molecule has 0 aromatic heterocycles. The zero-order chi connectivity index (χ0) is 22.8. The summed E-state index contributed by atoms with van der Waals surface area (Å²) in [6.07, 6.45) is -16.8. The van der Waals surface area contributed by atoms with Gasteiger partial charge in [-0.25, -0.2) is 4.79 Å². The van der Waals surface area contributed by atoms with Gasteiger partial charge in [0.2, 0.25) is 12.2 Å². The lowest BCUT2D eigenvalue weighted by Gasteiger charge is -2.41. The smallest absolute Gasteiger partial charge is 0.423 e. The van der Waals surface area contributed by atoms with Crippen molar-refractivity contribution >= 4 is 11.9 Å². The summed E-state index contributed by atoms with van der Waals surface area (Å²) in [5.41, 5.74) is -2.51. The number of ether oxygens (including phenoxy) is 3. The molecule has 0 aromatic carbocycles. The van der Waals surface area contributed by atoms with E-state index in [4.69, 9.17) is 4.74 Å². The van der Waals surface area contributed by atoms with Gasteiger partial charge in [0.1, 0.15) is 0 Å². The number of alkyl halides is 6. The van der Waals surface area contributed by atoms with Crippen molar-refractivity contribution in [2.45, 2.75) is 72.0 Å². The molecule has 1 fully saturated rings. The Labute approximate surface area is 165 Å². The molecule has 29 heavy (non-hydrogen) atoms. The van der Waals surface area contributed by atoms with Crippen LogP contribution in [0.25, 0.3) is 0 Å². The SMILES string of the molecule is CC(C)C(COC(C(F)(F)F)C(F)(F)F)(CC(C)(C)C)C(=O)OC1CCOC1=O. The Morgan fingerprint density at radius 3 is 1.97 bits per heavy atom. The van der Waals surface area contributed by atoms with Crippen LogP contribution in [0, 0.1) is 16.7 Å². The zero-order valence-corrected chi connectivity index (χ0v) is 16.9.